The molecule has 0 atom stereocenters. The minimum absolute atomic E-state index is 0.0193. The zero-order chi connectivity index (χ0) is 32.9. The van der Waals surface area contributed by atoms with Crippen LogP contribution in [0.3, 0.4) is 0 Å². The highest BCUT2D eigenvalue weighted by Gasteiger charge is 2.56. The van der Waals surface area contributed by atoms with Gasteiger partial charge >= 0.3 is 5.76 Å². The molecule has 7 rings (SSSR count). The maximum absolute atomic E-state index is 15.9. The summed E-state index contributed by atoms with van der Waals surface area (Å²) in [5.74, 6) is -0.365. The molecule has 0 spiro atoms. The fourth-order valence-corrected chi connectivity index (χ4v) is 7.14. The number of fused-ring (bicyclic) bond motifs is 1. The number of aryl methyl sites for hydroxylation is 1. The first-order chi connectivity index (χ1) is 22.6. The molecule has 246 valence electrons. The summed E-state index contributed by atoms with van der Waals surface area (Å²) in [5.41, 5.74) is 1.97. The maximum Gasteiger partial charge on any atom is 0.439 e. The van der Waals surface area contributed by atoms with Gasteiger partial charge in [0, 0.05) is 23.6 Å². The lowest BCUT2D eigenvalue weighted by molar-refractivity contribution is -0.145. The number of benzene rings is 2. The van der Waals surface area contributed by atoms with Gasteiger partial charge in [-0.05, 0) is 81.5 Å². The van der Waals surface area contributed by atoms with Crippen LogP contribution in [-0.4, -0.2) is 51.7 Å². The molecule has 3 aromatic heterocycles. The Balaban J connectivity index is 1.20. The Labute approximate surface area is 270 Å². The highest BCUT2D eigenvalue weighted by molar-refractivity contribution is 5.80. The first kappa shape index (κ1) is 31.2. The average Bonchev–Trinajstić information content (AvgIpc) is 3.47. The van der Waals surface area contributed by atoms with Crippen molar-refractivity contribution < 1.29 is 18.8 Å². The van der Waals surface area contributed by atoms with E-state index in [2.05, 4.69) is 24.7 Å². The first-order valence-corrected chi connectivity index (χ1v) is 16.4. The average molecular weight is 643 g/mol. The van der Waals surface area contributed by atoms with E-state index in [1.54, 1.807) is 27.3 Å². The van der Waals surface area contributed by atoms with Crippen molar-refractivity contribution in [3.05, 3.63) is 92.3 Å². The molecular formula is C35H39FN6O5. The number of nitrogens with one attached hydrogen (secondary N) is 1. The lowest BCUT2D eigenvalue weighted by Gasteiger charge is -2.37. The van der Waals surface area contributed by atoms with E-state index >= 15 is 4.39 Å². The van der Waals surface area contributed by atoms with Crippen LogP contribution in [0.25, 0.3) is 28.3 Å². The van der Waals surface area contributed by atoms with E-state index < -0.39 is 22.8 Å². The third-order valence-electron chi connectivity index (χ3n) is 9.89. The first-order valence-electron chi connectivity index (χ1n) is 16.4. The Hall–Kier alpha value is -4.42. The highest BCUT2D eigenvalue weighted by Crippen LogP contribution is 2.50. The van der Waals surface area contributed by atoms with Crippen molar-refractivity contribution in [2.24, 2.45) is 0 Å². The molecule has 2 aliphatic rings. The number of hydrogen-bond donors (Lipinski definition) is 2. The lowest BCUT2D eigenvalue weighted by Crippen LogP contribution is -2.44. The molecule has 0 aliphatic heterocycles. The summed E-state index contributed by atoms with van der Waals surface area (Å²) in [4.78, 5) is 33.0. The molecule has 5 aromatic rings. The van der Waals surface area contributed by atoms with Crippen LogP contribution in [-0.2, 0) is 17.6 Å². The van der Waals surface area contributed by atoms with Gasteiger partial charge in [-0.1, -0.05) is 54.9 Å². The Kier molecular flexibility index (Phi) is 7.96. The number of aromatic amines is 1. The molecule has 0 unspecified atom stereocenters. The second kappa shape index (κ2) is 12.0. The quantitative estimate of drug-likeness (QED) is 0.207. The number of rotatable bonds is 10. The SMILES string of the molecule is CCCc1c(Cc2ccc(-c3ccccc3-c3noc(=O)[nH]3)cc2F)c(=O)n([C@H]2CC[C@H](OC3(C(C)(C)O)CC3)CC2)c2ncnn12. The molecule has 12 heteroatoms. The second-order valence-electron chi connectivity index (χ2n) is 13.4. The monoisotopic (exact) mass is 642 g/mol. The summed E-state index contributed by atoms with van der Waals surface area (Å²) in [5, 5.41) is 19.0. The molecule has 2 N–H and O–H groups in total. The number of H-pyrrole nitrogens is 1. The Morgan fingerprint density at radius 1 is 1.11 bits per heavy atom. The number of aliphatic hydroxyl groups is 1. The van der Waals surface area contributed by atoms with Crippen molar-refractivity contribution in [3.8, 4) is 22.5 Å². The number of halogens is 1. The van der Waals surface area contributed by atoms with E-state index in [1.165, 1.54) is 12.4 Å². The normalized spacial score (nSPS) is 19.3. The second-order valence-corrected chi connectivity index (χ2v) is 13.4. The Bertz CT molecular complexity index is 2040. The number of aromatic nitrogens is 6. The topological polar surface area (TPSA) is 141 Å². The number of ether oxygens (including phenoxy) is 1. The van der Waals surface area contributed by atoms with Gasteiger partial charge in [-0.25, -0.2) is 13.7 Å². The fraction of sp³-hybridized carbons (Fsp3) is 0.457. The molecule has 0 bridgehead atoms. The summed E-state index contributed by atoms with van der Waals surface area (Å²) in [6.07, 6.45) is 7.64. The van der Waals surface area contributed by atoms with Crippen LogP contribution < -0.4 is 11.3 Å². The zero-order valence-corrected chi connectivity index (χ0v) is 26.8. The predicted octanol–water partition coefficient (Wildman–Crippen LogP) is 5.39. The van der Waals surface area contributed by atoms with Crippen LogP contribution in [0.15, 0.2) is 62.9 Å². The van der Waals surface area contributed by atoms with Gasteiger partial charge in [0.05, 0.1) is 23.0 Å². The molecule has 2 aliphatic carbocycles. The van der Waals surface area contributed by atoms with Gasteiger partial charge in [0.2, 0.25) is 5.78 Å². The van der Waals surface area contributed by atoms with Crippen molar-refractivity contribution in [2.45, 2.75) is 102 Å². The third kappa shape index (κ3) is 5.73. The van der Waals surface area contributed by atoms with Gasteiger partial charge in [0.15, 0.2) is 5.82 Å². The van der Waals surface area contributed by atoms with E-state index in [4.69, 9.17) is 4.74 Å². The van der Waals surface area contributed by atoms with Crippen molar-refractivity contribution in [1.82, 2.24) is 29.3 Å². The minimum Gasteiger partial charge on any atom is -0.387 e. The molecule has 3 heterocycles. The molecule has 2 fully saturated rings. The van der Waals surface area contributed by atoms with Crippen LogP contribution in [0.4, 0.5) is 4.39 Å². The molecule has 0 saturated heterocycles. The van der Waals surface area contributed by atoms with Crippen LogP contribution in [0.2, 0.25) is 0 Å². The summed E-state index contributed by atoms with van der Waals surface area (Å²) in [7, 11) is 0. The highest BCUT2D eigenvalue weighted by atomic mass is 19.1. The zero-order valence-electron chi connectivity index (χ0n) is 26.8. The van der Waals surface area contributed by atoms with E-state index in [0.717, 1.165) is 50.6 Å². The molecule has 2 saturated carbocycles. The molecule has 0 radical (unpaired) electrons. The maximum atomic E-state index is 15.9. The predicted molar refractivity (Wildman–Crippen MR) is 173 cm³/mol. The van der Waals surface area contributed by atoms with Gasteiger partial charge in [0.25, 0.3) is 5.56 Å². The number of hydrogen-bond acceptors (Lipinski definition) is 8. The summed E-state index contributed by atoms with van der Waals surface area (Å²) < 4.78 is 30.5. The van der Waals surface area contributed by atoms with Crippen LogP contribution in [0.1, 0.15) is 88.6 Å². The van der Waals surface area contributed by atoms with E-state index in [1.807, 2.05) is 39.0 Å². The van der Waals surface area contributed by atoms with E-state index in [9.17, 15) is 14.7 Å². The number of nitrogens with zero attached hydrogens (tertiary/aromatic N) is 5. The Morgan fingerprint density at radius 2 is 1.85 bits per heavy atom. The molecule has 2 aromatic carbocycles. The minimum atomic E-state index is -0.896. The molecule has 47 heavy (non-hydrogen) atoms. The van der Waals surface area contributed by atoms with Gasteiger partial charge in [-0.3, -0.25) is 18.9 Å². The van der Waals surface area contributed by atoms with Crippen LogP contribution >= 0.6 is 0 Å². The van der Waals surface area contributed by atoms with Crippen molar-refractivity contribution in [3.63, 3.8) is 0 Å². The van der Waals surface area contributed by atoms with Gasteiger partial charge in [-0.15, -0.1) is 0 Å². The Morgan fingerprint density at radius 3 is 2.49 bits per heavy atom. The summed E-state index contributed by atoms with van der Waals surface area (Å²) in [6, 6.07) is 12.1. The van der Waals surface area contributed by atoms with Gasteiger partial charge in [-0.2, -0.15) is 10.1 Å². The van der Waals surface area contributed by atoms with Gasteiger partial charge in [0.1, 0.15) is 12.1 Å². The third-order valence-corrected chi connectivity index (χ3v) is 9.89. The van der Waals surface area contributed by atoms with E-state index in [0.29, 0.717) is 40.0 Å². The molecular weight excluding hydrogens is 603 g/mol. The van der Waals surface area contributed by atoms with Crippen molar-refractivity contribution in [1.29, 1.82) is 0 Å². The van der Waals surface area contributed by atoms with Gasteiger partial charge < -0.3 is 9.84 Å². The lowest BCUT2D eigenvalue weighted by atomic mass is 9.91. The van der Waals surface area contributed by atoms with E-state index in [-0.39, 0.29) is 30.0 Å². The summed E-state index contributed by atoms with van der Waals surface area (Å²) in [6.45, 7) is 5.65. The largest absolute Gasteiger partial charge is 0.439 e. The molecule has 11 nitrogen and oxygen atoms in total. The van der Waals surface area contributed by atoms with Crippen molar-refractivity contribution >= 4 is 5.78 Å². The van der Waals surface area contributed by atoms with Crippen molar-refractivity contribution in [2.75, 3.05) is 0 Å². The molecule has 0 amide bonds. The standard InChI is InChI=1S/C35H39FN6O5/c1-4-7-29-27(18-22-11-10-21(19-28(22)36)25-8-5-6-9-26(25)30-39-33(44)47-40-30)31(43)41(32-37-20-38-42(29)32)23-12-14-24(15-13-23)46-35(16-17-35)34(2,3)45/h5-6,8-11,19-20,23-24,45H,4,7,12-18H2,1-3H3,(H,39,40,44)/t23-,24-. The van der Waals surface area contributed by atoms with Crippen LogP contribution in [0, 0.1) is 5.82 Å². The smallest absolute Gasteiger partial charge is 0.387 e. The summed E-state index contributed by atoms with van der Waals surface area (Å²) >= 11 is 0. The fourth-order valence-electron chi connectivity index (χ4n) is 7.14. The van der Waals surface area contributed by atoms with Crippen LogP contribution in [0.5, 0.6) is 0 Å².